The second-order valence-corrected chi connectivity index (χ2v) is 7.78. The first-order valence-corrected chi connectivity index (χ1v) is 7.35. The van der Waals surface area contributed by atoms with Crippen LogP contribution in [0.3, 0.4) is 0 Å². The standard InChI is InChI=1S/C9H14ClFO2S/c10-14(12,13)7-9-4-8(5-9,6-9)2-1-3-11/h1-7H2. The van der Waals surface area contributed by atoms with Gasteiger partial charge < -0.3 is 0 Å². The number of halogens is 2. The summed E-state index contributed by atoms with van der Waals surface area (Å²) >= 11 is 0. The molecular formula is C9H14ClFO2S. The molecular weight excluding hydrogens is 227 g/mol. The Morgan fingerprint density at radius 3 is 2.21 bits per heavy atom. The van der Waals surface area contributed by atoms with Gasteiger partial charge in [-0.05, 0) is 42.9 Å². The lowest BCUT2D eigenvalue weighted by molar-refractivity contribution is -0.192. The second-order valence-electron chi connectivity index (χ2n) is 5.01. The van der Waals surface area contributed by atoms with Crippen LogP contribution in [0.2, 0.25) is 0 Å². The van der Waals surface area contributed by atoms with Gasteiger partial charge in [0, 0.05) is 10.7 Å². The predicted octanol–water partition coefficient (Wildman–Crippen LogP) is 2.48. The smallest absolute Gasteiger partial charge is 0.233 e. The number of alkyl halides is 1. The van der Waals surface area contributed by atoms with Crippen molar-refractivity contribution in [3.05, 3.63) is 0 Å². The third-order valence-electron chi connectivity index (χ3n) is 3.57. The van der Waals surface area contributed by atoms with Crippen molar-refractivity contribution in [2.24, 2.45) is 10.8 Å². The van der Waals surface area contributed by atoms with E-state index in [2.05, 4.69) is 0 Å². The van der Waals surface area contributed by atoms with E-state index < -0.39 is 9.05 Å². The quantitative estimate of drug-likeness (QED) is 0.692. The van der Waals surface area contributed by atoms with Crippen molar-refractivity contribution in [3.8, 4) is 0 Å². The van der Waals surface area contributed by atoms with Crippen LogP contribution in [-0.2, 0) is 9.05 Å². The lowest BCUT2D eigenvalue weighted by Crippen LogP contribution is -2.63. The Morgan fingerprint density at radius 1 is 1.21 bits per heavy atom. The molecule has 0 saturated heterocycles. The van der Waals surface area contributed by atoms with Crippen LogP contribution in [0.15, 0.2) is 0 Å². The fraction of sp³-hybridized carbons (Fsp3) is 1.00. The molecule has 0 aromatic rings. The first-order valence-electron chi connectivity index (χ1n) is 4.87. The van der Waals surface area contributed by atoms with E-state index in [9.17, 15) is 12.8 Å². The van der Waals surface area contributed by atoms with Crippen molar-refractivity contribution in [3.63, 3.8) is 0 Å². The van der Waals surface area contributed by atoms with Gasteiger partial charge in [0.05, 0.1) is 12.4 Å². The summed E-state index contributed by atoms with van der Waals surface area (Å²) in [4.78, 5) is 0. The average Bonchev–Trinajstić information content (AvgIpc) is 1.89. The molecule has 3 saturated carbocycles. The van der Waals surface area contributed by atoms with Gasteiger partial charge in [0.15, 0.2) is 0 Å². The van der Waals surface area contributed by atoms with E-state index in [0.717, 1.165) is 25.7 Å². The van der Waals surface area contributed by atoms with Gasteiger partial charge in [-0.2, -0.15) is 0 Å². The predicted molar refractivity (Wildman–Crippen MR) is 53.6 cm³/mol. The minimum absolute atomic E-state index is 0.0309. The molecule has 0 atom stereocenters. The van der Waals surface area contributed by atoms with E-state index in [1.165, 1.54) is 0 Å². The molecule has 14 heavy (non-hydrogen) atoms. The fourth-order valence-electron chi connectivity index (χ4n) is 3.46. The van der Waals surface area contributed by atoms with Gasteiger partial charge in [0.25, 0.3) is 0 Å². The lowest BCUT2D eigenvalue weighted by Gasteiger charge is -2.71. The van der Waals surface area contributed by atoms with Crippen molar-refractivity contribution in [1.29, 1.82) is 0 Å². The third-order valence-corrected chi connectivity index (χ3v) is 4.85. The van der Waals surface area contributed by atoms with Crippen LogP contribution in [-0.4, -0.2) is 20.8 Å². The minimum Gasteiger partial charge on any atom is -0.251 e. The van der Waals surface area contributed by atoms with Gasteiger partial charge in [-0.15, -0.1) is 0 Å². The van der Waals surface area contributed by atoms with E-state index in [-0.39, 0.29) is 23.3 Å². The second kappa shape index (κ2) is 3.08. The van der Waals surface area contributed by atoms with E-state index in [4.69, 9.17) is 10.7 Å². The summed E-state index contributed by atoms with van der Waals surface area (Å²) in [6.45, 7) is -0.261. The van der Waals surface area contributed by atoms with Gasteiger partial charge in [-0.1, -0.05) is 0 Å². The molecule has 3 aliphatic carbocycles. The molecule has 0 unspecified atom stereocenters. The monoisotopic (exact) mass is 240 g/mol. The Balaban J connectivity index is 1.83. The molecule has 0 aliphatic heterocycles. The summed E-state index contributed by atoms with van der Waals surface area (Å²) in [5.41, 5.74) is 0.255. The zero-order valence-electron chi connectivity index (χ0n) is 7.93. The van der Waals surface area contributed by atoms with Crippen LogP contribution in [0, 0.1) is 10.8 Å². The maximum absolute atomic E-state index is 12.0. The Morgan fingerprint density at radius 2 is 1.79 bits per heavy atom. The molecule has 5 heteroatoms. The Bertz CT molecular complexity index is 319. The van der Waals surface area contributed by atoms with Crippen LogP contribution in [0.1, 0.15) is 32.1 Å². The number of hydrogen-bond acceptors (Lipinski definition) is 2. The van der Waals surface area contributed by atoms with E-state index in [1.54, 1.807) is 0 Å². The minimum atomic E-state index is -3.35. The summed E-state index contributed by atoms with van der Waals surface area (Å²) in [5.74, 6) is 0.110. The summed E-state index contributed by atoms with van der Waals surface area (Å²) in [6.07, 6.45) is 4.33. The molecule has 3 aliphatic rings. The van der Waals surface area contributed by atoms with Crippen LogP contribution >= 0.6 is 10.7 Å². The van der Waals surface area contributed by atoms with Crippen molar-refractivity contribution in [1.82, 2.24) is 0 Å². The average molecular weight is 241 g/mol. The van der Waals surface area contributed by atoms with Crippen LogP contribution in [0.5, 0.6) is 0 Å². The molecule has 0 aromatic heterocycles. The zero-order valence-corrected chi connectivity index (χ0v) is 9.50. The molecule has 0 N–H and O–H groups in total. The van der Waals surface area contributed by atoms with E-state index in [1.807, 2.05) is 0 Å². The maximum Gasteiger partial charge on any atom is 0.233 e. The van der Waals surface area contributed by atoms with Crippen molar-refractivity contribution in [2.45, 2.75) is 32.1 Å². The lowest BCUT2D eigenvalue weighted by atomic mass is 9.35. The highest BCUT2D eigenvalue weighted by molar-refractivity contribution is 8.13. The fourth-order valence-corrected chi connectivity index (χ4v) is 5.19. The highest BCUT2D eigenvalue weighted by Crippen LogP contribution is 2.75. The zero-order chi connectivity index (χ0) is 10.4. The molecule has 3 rings (SSSR count). The summed E-state index contributed by atoms with van der Waals surface area (Å²) < 4.78 is 33.7. The molecule has 0 aromatic carbocycles. The molecule has 2 bridgehead atoms. The van der Waals surface area contributed by atoms with Crippen LogP contribution in [0.4, 0.5) is 4.39 Å². The highest BCUT2D eigenvalue weighted by atomic mass is 35.7. The molecule has 82 valence electrons. The largest absolute Gasteiger partial charge is 0.251 e. The van der Waals surface area contributed by atoms with Gasteiger partial charge in [0.2, 0.25) is 9.05 Å². The number of hydrogen-bond donors (Lipinski definition) is 0. The number of rotatable bonds is 5. The highest BCUT2D eigenvalue weighted by Gasteiger charge is 2.67. The molecule has 0 radical (unpaired) electrons. The SMILES string of the molecule is O=S(=O)(Cl)CC12CC(CCCF)(C1)C2. The van der Waals surface area contributed by atoms with Crippen molar-refractivity contribution < 1.29 is 12.8 Å². The van der Waals surface area contributed by atoms with Crippen LogP contribution < -0.4 is 0 Å². The Kier molecular flexibility index (Phi) is 2.35. The van der Waals surface area contributed by atoms with Crippen molar-refractivity contribution in [2.75, 3.05) is 12.4 Å². The molecule has 3 fully saturated rings. The van der Waals surface area contributed by atoms with Gasteiger partial charge >= 0.3 is 0 Å². The first kappa shape index (κ1) is 10.7. The van der Waals surface area contributed by atoms with E-state index >= 15 is 0 Å². The van der Waals surface area contributed by atoms with Crippen LogP contribution in [0.25, 0.3) is 0 Å². The van der Waals surface area contributed by atoms with Gasteiger partial charge in [-0.3, -0.25) is 4.39 Å². The molecule has 0 spiro atoms. The normalized spacial score (nSPS) is 40.1. The van der Waals surface area contributed by atoms with Gasteiger partial charge in [-0.25, -0.2) is 8.42 Å². The Hall–Kier alpha value is 0.170. The van der Waals surface area contributed by atoms with Crippen molar-refractivity contribution >= 4 is 19.7 Å². The molecule has 2 nitrogen and oxygen atoms in total. The summed E-state index contributed by atoms with van der Waals surface area (Å²) in [6, 6.07) is 0. The Labute approximate surface area is 88.2 Å². The first-order chi connectivity index (χ1) is 6.39. The molecule has 0 amide bonds. The summed E-state index contributed by atoms with van der Waals surface area (Å²) in [5, 5.41) is 0. The molecule has 0 heterocycles. The topological polar surface area (TPSA) is 34.1 Å². The summed E-state index contributed by atoms with van der Waals surface area (Å²) in [7, 11) is 1.86. The van der Waals surface area contributed by atoms with E-state index in [0.29, 0.717) is 6.42 Å². The maximum atomic E-state index is 12.0. The third kappa shape index (κ3) is 1.78. The van der Waals surface area contributed by atoms with Gasteiger partial charge in [0.1, 0.15) is 0 Å².